The van der Waals surface area contributed by atoms with Crippen LogP contribution in [0.25, 0.3) is 0 Å². The smallest absolute Gasteiger partial charge is 0 e. The van der Waals surface area contributed by atoms with Crippen LogP contribution in [0.15, 0.2) is 0 Å². The monoisotopic (exact) mass is 618 g/mol. The molecular formula is O6Yb3. The molecule has 0 saturated heterocycles. The maximum atomic E-state index is 8.54. The second-order valence-electron chi connectivity index (χ2n) is 0.267. The van der Waals surface area contributed by atoms with Crippen molar-refractivity contribution >= 4 is 0 Å². The molecule has 78 valence electrons. The summed E-state index contributed by atoms with van der Waals surface area (Å²) in [6.45, 7) is 0. The molecule has 6 nitrogen and oxygen atoms in total. The van der Waals surface area contributed by atoms with Crippen molar-refractivity contribution in [3.8, 4) is 0 Å². The quantitative estimate of drug-likeness (QED) is 0.357. The molecule has 0 aromatic rings. The molecule has 0 fully saturated rings. The first-order valence-corrected chi connectivity index (χ1v) is 4.86. The van der Waals surface area contributed by atoms with Crippen molar-refractivity contribution in [2.24, 2.45) is 0 Å². The van der Waals surface area contributed by atoms with Crippen LogP contribution in [0.4, 0.5) is 0 Å². The Labute approximate surface area is 125 Å². The molecule has 0 aliphatic heterocycles. The van der Waals surface area contributed by atoms with Gasteiger partial charge in [-0.15, -0.1) is 0 Å². The summed E-state index contributed by atoms with van der Waals surface area (Å²) in [5.74, 6) is 0. The molecule has 0 rings (SSSR count). The van der Waals surface area contributed by atoms with Crippen molar-refractivity contribution in [1.82, 2.24) is 0 Å². The van der Waals surface area contributed by atoms with Crippen LogP contribution in [0.1, 0.15) is 0 Å². The fraction of sp³-hybridized carbons (Fsp3) is 0. The third kappa shape index (κ3) is 88.2. The van der Waals surface area contributed by atoms with E-state index < -0.39 is 81.1 Å². The van der Waals surface area contributed by atoms with E-state index in [1.54, 1.807) is 0 Å². The standard InChI is InChI=1S/6O.3Yb. The Bertz CT molecular complexity index is 177. The molecule has 0 radical (unpaired) electrons. The van der Waals surface area contributed by atoms with Crippen molar-refractivity contribution in [3.05, 3.63) is 0 Å². The summed E-state index contributed by atoms with van der Waals surface area (Å²) in [5.41, 5.74) is 0. The third-order valence-electron chi connectivity index (χ3n) is 0. The maximum Gasteiger partial charge on any atom is 0 e. The summed E-state index contributed by atoms with van der Waals surface area (Å²) >= 11 is -7.52. The number of hydrogen-bond donors (Lipinski definition) is 0. The first kappa shape index (κ1) is 18.2. The second kappa shape index (κ2) is 13.9. The van der Waals surface area contributed by atoms with Gasteiger partial charge in [0.1, 0.15) is 0 Å². The predicted octanol–water partition coefficient (Wildman–Crippen LogP) is -0.713. The van der Waals surface area contributed by atoms with Crippen LogP contribution in [0.5, 0.6) is 0 Å². The van der Waals surface area contributed by atoms with E-state index in [9.17, 15) is 0 Å². The summed E-state index contributed by atoms with van der Waals surface area (Å²) in [6.07, 6.45) is 0. The van der Waals surface area contributed by atoms with E-state index in [0.29, 0.717) is 0 Å². The van der Waals surface area contributed by atoms with Gasteiger partial charge in [0, 0.05) is 46.9 Å². The number of hydrogen-bond acceptors (Lipinski definition) is 6. The molecule has 9 heavy (non-hydrogen) atoms. The third-order valence-corrected chi connectivity index (χ3v) is 0. The van der Waals surface area contributed by atoms with Crippen molar-refractivity contribution in [1.29, 1.82) is 0 Å². The van der Waals surface area contributed by atoms with Gasteiger partial charge in [0.2, 0.25) is 0 Å². The molecule has 0 amide bonds. The zero-order chi connectivity index (χ0) is 7.15. The summed E-state index contributed by atoms with van der Waals surface area (Å²) in [4.78, 5) is 0. The van der Waals surface area contributed by atoms with Gasteiger partial charge in [0.25, 0.3) is 0 Å². The SMILES string of the molecule is [O]=[Yb](=[O])=[O].[O]=[Yb](=[O])=[O].[Yb]. The van der Waals surface area contributed by atoms with Crippen molar-refractivity contribution in [2.45, 2.75) is 0 Å². The molecular weight excluding hydrogens is 615 g/mol. The molecule has 0 spiro atoms. The molecule has 0 aliphatic carbocycles. The van der Waals surface area contributed by atoms with Gasteiger partial charge in [-0.1, -0.05) is 0 Å². The van der Waals surface area contributed by atoms with Gasteiger partial charge in [-0.25, -0.2) is 0 Å². The Balaban J connectivity index is -0.0000000720. The van der Waals surface area contributed by atoms with Gasteiger partial charge in [-0.3, -0.25) is 0 Å². The minimum atomic E-state index is -3.76. The molecule has 0 aliphatic rings. The molecule has 0 aromatic heterocycles. The Hall–Kier alpha value is 3.36. The number of rotatable bonds is 0. The zero-order valence-corrected chi connectivity index (χ0v) is 8.40. The molecule has 0 atom stereocenters. The molecule has 9 heteroatoms. The summed E-state index contributed by atoms with van der Waals surface area (Å²) in [6, 6.07) is 0. The maximum absolute atomic E-state index is 8.54. The summed E-state index contributed by atoms with van der Waals surface area (Å²) in [5, 5.41) is 0. The van der Waals surface area contributed by atoms with Gasteiger partial charge in [-0.2, -0.15) is 0 Å². The first-order chi connectivity index (χ1) is 3.46. The van der Waals surface area contributed by atoms with E-state index in [1.807, 2.05) is 0 Å². The molecule has 0 heterocycles. The molecule has 0 N–H and O–H groups in total. The van der Waals surface area contributed by atoms with Crippen LogP contribution in [0.3, 0.4) is 0 Å². The fourth-order valence-electron chi connectivity index (χ4n) is 0. The van der Waals surface area contributed by atoms with E-state index in [4.69, 9.17) is 1.73 Å². The van der Waals surface area contributed by atoms with Crippen LogP contribution in [0, 0.1) is 128 Å². The van der Waals surface area contributed by atoms with E-state index >= 15 is 0 Å². The van der Waals surface area contributed by atoms with Gasteiger partial charge in [0.15, 0.2) is 0 Å². The van der Waals surface area contributed by atoms with Gasteiger partial charge < -0.3 is 0 Å². The molecule has 0 bridgehead atoms. The van der Waals surface area contributed by atoms with E-state index in [0.717, 1.165) is 0 Å². The van der Waals surface area contributed by atoms with E-state index in [1.165, 1.54) is 0 Å². The summed E-state index contributed by atoms with van der Waals surface area (Å²) in [7, 11) is 0. The van der Waals surface area contributed by atoms with E-state index in [2.05, 4.69) is 0 Å². The van der Waals surface area contributed by atoms with E-state index in [-0.39, 0.29) is 46.9 Å². The normalized spacial score (nSPS) is 9.33. The average Bonchev–Trinajstić information content (AvgIpc) is 1.25. The topological polar surface area (TPSA) is 102 Å². The van der Waals surface area contributed by atoms with Crippen LogP contribution in [-0.4, -0.2) is 0 Å². The Kier molecular flexibility index (Phi) is 28.1. The van der Waals surface area contributed by atoms with Crippen LogP contribution >= 0.6 is 0 Å². The van der Waals surface area contributed by atoms with Gasteiger partial charge in [-0.05, 0) is 0 Å². The van der Waals surface area contributed by atoms with Crippen molar-refractivity contribution in [3.63, 3.8) is 0 Å². The largest absolute Gasteiger partial charge is 0 e. The molecule has 0 aromatic carbocycles. The Morgan fingerprint density at radius 1 is 0.556 bits per heavy atom. The van der Waals surface area contributed by atoms with Crippen LogP contribution < -0.4 is 0 Å². The zero-order valence-electron chi connectivity index (χ0n) is 3.25. The molecule has 0 saturated carbocycles. The van der Waals surface area contributed by atoms with Crippen molar-refractivity contribution in [2.75, 3.05) is 0 Å². The summed E-state index contributed by atoms with van der Waals surface area (Å²) < 4.78 is 51.2. The minimum absolute atomic E-state index is 0. The van der Waals surface area contributed by atoms with Gasteiger partial charge in [0.05, 0.1) is 0 Å². The Morgan fingerprint density at radius 2 is 0.556 bits per heavy atom. The minimum Gasteiger partial charge on any atom is 0 e. The molecule has 0 unspecified atom stereocenters. The first-order valence-electron chi connectivity index (χ1n) is 0.655. The average molecular weight is 615 g/mol. The van der Waals surface area contributed by atoms with Crippen LogP contribution in [0.2, 0.25) is 0 Å². The predicted molar refractivity (Wildman–Crippen MR) is 4.12 cm³/mol. The fourth-order valence-corrected chi connectivity index (χ4v) is 0. The van der Waals surface area contributed by atoms with Crippen molar-refractivity contribution < 1.29 is 130 Å². The van der Waals surface area contributed by atoms with Gasteiger partial charge >= 0.3 is 82.9 Å². The Morgan fingerprint density at radius 3 is 0.556 bits per heavy atom. The van der Waals surface area contributed by atoms with Crippen LogP contribution in [-0.2, 0) is 1.73 Å². The second-order valence-corrected chi connectivity index (χ2v) is 1.98.